The van der Waals surface area contributed by atoms with Crippen LogP contribution < -0.4 is 0 Å². The molecule has 7 atom stereocenters. The summed E-state index contributed by atoms with van der Waals surface area (Å²) in [6.07, 6.45) is 10.1. The molecule has 2 saturated carbocycles. The maximum atomic E-state index is 13.3. The first-order valence-corrected chi connectivity index (χ1v) is 13.9. The molecular formula is C31H49NO3. The number of nitriles is 1. The number of nitrogens with zero attached hydrogens (tertiary/aromatic N) is 1. The average Bonchev–Trinajstić information content (AvgIpc) is 2.80. The van der Waals surface area contributed by atoms with Gasteiger partial charge in [-0.15, -0.1) is 0 Å². The minimum atomic E-state index is -0.325. The van der Waals surface area contributed by atoms with Crippen LogP contribution >= 0.6 is 0 Å². The van der Waals surface area contributed by atoms with Crippen LogP contribution in [0, 0.1) is 56.2 Å². The number of allylic oxidation sites excluding steroid dienone is 2. The molecule has 0 aromatic heterocycles. The molecule has 3 aliphatic rings. The highest BCUT2D eigenvalue weighted by Crippen LogP contribution is 2.69. The standard InChI is InChI=1S/C31H49NO3/c1-9-27(3,4)12-13-28(5,20-33)14-15-29(6)18-23(34)16-25-30(7)17-22(19-32)26(35)21(2)24(30)10-11-31(25,29)8/h17,21,24-25,33H,9-16,18,20H2,1-8H3/t21-,24-,25+,28-,29+,30-,31+/m0/s1. The van der Waals surface area contributed by atoms with E-state index in [1.807, 2.05) is 13.0 Å². The lowest BCUT2D eigenvalue weighted by atomic mass is 9.38. The second kappa shape index (κ2) is 9.44. The number of hydrogen-bond acceptors (Lipinski definition) is 4. The molecule has 3 aliphatic carbocycles. The van der Waals surface area contributed by atoms with E-state index in [9.17, 15) is 20.0 Å². The number of aliphatic hydroxyl groups is 1. The molecule has 196 valence electrons. The number of aliphatic hydroxyl groups excluding tert-OH is 1. The SMILES string of the molecule is CCC(C)(C)CC[C@](C)(CO)CC[C@]1(C)CC(=O)C[C@@H]2[C@@]3(C)C=C(C#N)C(=O)[C@@H](C)[C@@H]3CC[C@]21C. The largest absolute Gasteiger partial charge is 0.396 e. The first kappa shape index (κ1) is 28.1. The minimum Gasteiger partial charge on any atom is -0.396 e. The average molecular weight is 484 g/mol. The lowest BCUT2D eigenvalue weighted by Crippen LogP contribution is -2.60. The fourth-order valence-electron chi connectivity index (χ4n) is 7.94. The van der Waals surface area contributed by atoms with E-state index >= 15 is 0 Å². The molecule has 0 unspecified atom stereocenters. The Balaban J connectivity index is 1.92. The summed E-state index contributed by atoms with van der Waals surface area (Å²) in [5, 5.41) is 20.1. The molecule has 0 bridgehead atoms. The number of carbonyl (C=O) groups excluding carboxylic acids is 2. The molecule has 0 aromatic carbocycles. The molecule has 4 heteroatoms. The molecule has 4 nitrogen and oxygen atoms in total. The van der Waals surface area contributed by atoms with Gasteiger partial charge in [-0.2, -0.15) is 5.26 Å². The van der Waals surface area contributed by atoms with Gasteiger partial charge in [0, 0.05) is 25.4 Å². The van der Waals surface area contributed by atoms with Crippen LogP contribution in [0.15, 0.2) is 11.6 Å². The lowest BCUT2D eigenvalue weighted by molar-refractivity contribution is -0.168. The van der Waals surface area contributed by atoms with Gasteiger partial charge in [-0.1, -0.05) is 67.9 Å². The van der Waals surface area contributed by atoms with Gasteiger partial charge >= 0.3 is 0 Å². The topological polar surface area (TPSA) is 78.2 Å². The number of ketones is 2. The second-order valence-electron chi connectivity index (χ2n) is 14.3. The zero-order chi connectivity index (χ0) is 26.4. The summed E-state index contributed by atoms with van der Waals surface area (Å²) in [6.45, 7) is 18.1. The zero-order valence-electron chi connectivity index (χ0n) is 23.6. The second-order valence-corrected chi connectivity index (χ2v) is 14.3. The molecule has 2 fully saturated rings. The molecular weight excluding hydrogens is 434 g/mol. The van der Waals surface area contributed by atoms with Gasteiger partial charge in [0.2, 0.25) is 0 Å². The van der Waals surface area contributed by atoms with E-state index in [0.717, 1.165) is 44.9 Å². The summed E-state index contributed by atoms with van der Waals surface area (Å²) >= 11 is 0. The summed E-state index contributed by atoms with van der Waals surface area (Å²) in [5.74, 6) is 0.410. The van der Waals surface area contributed by atoms with E-state index < -0.39 is 0 Å². The van der Waals surface area contributed by atoms with E-state index in [1.165, 1.54) is 0 Å². The molecule has 0 aliphatic heterocycles. The molecule has 0 amide bonds. The van der Waals surface area contributed by atoms with Gasteiger partial charge in [-0.3, -0.25) is 9.59 Å². The lowest BCUT2D eigenvalue weighted by Gasteiger charge is -2.65. The van der Waals surface area contributed by atoms with Crippen LogP contribution in [0.4, 0.5) is 0 Å². The Hall–Kier alpha value is -1.47. The predicted octanol–water partition coefficient (Wildman–Crippen LogP) is 7.06. The van der Waals surface area contributed by atoms with Crippen LogP contribution in [0.1, 0.15) is 113 Å². The summed E-state index contributed by atoms with van der Waals surface area (Å²) in [6, 6.07) is 2.16. The fraction of sp³-hybridized carbons (Fsp3) is 0.839. The number of rotatable bonds is 8. The highest BCUT2D eigenvalue weighted by atomic mass is 16.3. The normalized spacial score (nSPS) is 39.2. The van der Waals surface area contributed by atoms with Crippen molar-refractivity contribution in [2.45, 2.75) is 113 Å². The van der Waals surface area contributed by atoms with Crippen LogP contribution in [0.25, 0.3) is 0 Å². The number of hydrogen-bond donors (Lipinski definition) is 1. The predicted molar refractivity (Wildman–Crippen MR) is 140 cm³/mol. The summed E-state index contributed by atoms with van der Waals surface area (Å²) in [5.41, 5.74) is -0.139. The Kier molecular flexibility index (Phi) is 7.58. The number of fused-ring (bicyclic) bond motifs is 3. The van der Waals surface area contributed by atoms with Gasteiger partial charge in [0.1, 0.15) is 11.9 Å². The van der Waals surface area contributed by atoms with Crippen molar-refractivity contribution in [1.29, 1.82) is 5.26 Å². The van der Waals surface area contributed by atoms with Crippen LogP contribution in [0.5, 0.6) is 0 Å². The molecule has 0 spiro atoms. The van der Waals surface area contributed by atoms with Crippen LogP contribution in [-0.4, -0.2) is 23.3 Å². The Morgan fingerprint density at radius 1 is 1.14 bits per heavy atom. The zero-order valence-corrected chi connectivity index (χ0v) is 23.6. The highest BCUT2D eigenvalue weighted by Gasteiger charge is 2.64. The molecule has 35 heavy (non-hydrogen) atoms. The third-order valence-corrected chi connectivity index (χ3v) is 11.6. The van der Waals surface area contributed by atoms with Crippen molar-refractivity contribution in [3.05, 3.63) is 11.6 Å². The van der Waals surface area contributed by atoms with Crippen molar-refractivity contribution in [1.82, 2.24) is 0 Å². The first-order valence-electron chi connectivity index (χ1n) is 13.9. The first-order chi connectivity index (χ1) is 16.1. The third kappa shape index (κ3) is 4.79. The van der Waals surface area contributed by atoms with E-state index in [4.69, 9.17) is 0 Å². The van der Waals surface area contributed by atoms with Gasteiger partial charge in [0.15, 0.2) is 5.78 Å². The van der Waals surface area contributed by atoms with Gasteiger partial charge < -0.3 is 5.11 Å². The van der Waals surface area contributed by atoms with Crippen molar-refractivity contribution in [2.75, 3.05) is 6.61 Å². The van der Waals surface area contributed by atoms with Crippen LogP contribution in [-0.2, 0) is 9.59 Å². The minimum absolute atomic E-state index is 0.0304. The van der Waals surface area contributed by atoms with Crippen molar-refractivity contribution in [3.63, 3.8) is 0 Å². The summed E-state index contributed by atoms with van der Waals surface area (Å²) < 4.78 is 0. The van der Waals surface area contributed by atoms with Gasteiger partial charge in [-0.25, -0.2) is 0 Å². The summed E-state index contributed by atoms with van der Waals surface area (Å²) in [7, 11) is 0. The number of Topliss-reactive ketones (excluding diaryl/α,β-unsaturated/α-hetero) is 2. The Bertz CT molecular complexity index is 928. The monoisotopic (exact) mass is 483 g/mol. The molecule has 0 heterocycles. The maximum Gasteiger partial charge on any atom is 0.176 e. The van der Waals surface area contributed by atoms with Gasteiger partial charge in [0.25, 0.3) is 0 Å². The smallest absolute Gasteiger partial charge is 0.176 e. The molecule has 0 saturated heterocycles. The van der Waals surface area contributed by atoms with E-state index in [-0.39, 0.29) is 62.8 Å². The van der Waals surface area contributed by atoms with Crippen molar-refractivity contribution >= 4 is 11.6 Å². The molecule has 0 aromatic rings. The van der Waals surface area contributed by atoms with E-state index in [1.54, 1.807) is 0 Å². The van der Waals surface area contributed by atoms with Crippen molar-refractivity contribution in [2.24, 2.45) is 44.8 Å². The van der Waals surface area contributed by atoms with E-state index in [2.05, 4.69) is 54.5 Å². The van der Waals surface area contributed by atoms with Crippen molar-refractivity contribution in [3.8, 4) is 6.07 Å². The van der Waals surface area contributed by atoms with Crippen molar-refractivity contribution < 1.29 is 14.7 Å². The fourth-order valence-corrected chi connectivity index (χ4v) is 7.94. The summed E-state index contributed by atoms with van der Waals surface area (Å²) in [4.78, 5) is 26.1. The Labute approximate surface area is 213 Å². The van der Waals surface area contributed by atoms with Gasteiger partial charge in [-0.05, 0) is 77.4 Å². The Morgan fingerprint density at radius 2 is 1.80 bits per heavy atom. The molecule has 3 rings (SSSR count). The highest BCUT2D eigenvalue weighted by molar-refractivity contribution is 6.01. The van der Waals surface area contributed by atoms with E-state index in [0.29, 0.717) is 18.6 Å². The third-order valence-electron chi connectivity index (χ3n) is 11.6. The quantitative estimate of drug-likeness (QED) is 0.401. The van der Waals surface area contributed by atoms with Crippen LogP contribution in [0.2, 0.25) is 0 Å². The molecule has 0 radical (unpaired) electrons. The maximum absolute atomic E-state index is 13.3. The Morgan fingerprint density at radius 3 is 2.37 bits per heavy atom. The molecule has 1 N–H and O–H groups in total. The van der Waals surface area contributed by atoms with Crippen LogP contribution in [0.3, 0.4) is 0 Å². The number of carbonyl (C=O) groups is 2. The van der Waals surface area contributed by atoms with Gasteiger partial charge in [0.05, 0.1) is 5.57 Å².